The van der Waals surface area contributed by atoms with Crippen molar-refractivity contribution in [2.45, 2.75) is 26.9 Å². The second-order valence-corrected chi connectivity index (χ2v) is 5.73. The molecule has 0 unspecified atom stereocenters. The number of aryl methyl sites for hydroxylation is 1. The van der Waals surface area contributed by atoms with Gasteiger partial charge < -0.3 is 5.73 Å². The Hall–Kier alpha value is -1.71. The van der Waals surface area contributed by atoms with E-state index >= 15 is 0 Å². The van der Waals surface area contributed by atoms with Gasteiger partial charge in [0.2, 0.25) is 0 Å². The van der Waals surface area contributed by atoms with Gasteiger partial charge in [0.1, 0.15) is 4.99 Å². The van der Waals surface area contributed by atoms with Crippen LogP contribution in [0.15, 0.2) is 48.5 Å². The minimum atomic E-state index is 0.460. The molecule has 0 fully saturated rings. The van der Waals surface area contributed by atoms with Crippen molar-refractivity contribution >= 4 is 17.2 Å². The highest BCUT2D eigenvalue weighted by molar-refractivity contribution is 7.80. The molecule has 3 heteroatoms. The van der Waals surface area contributed by atoms with Crippen LogP contribution in [0.2, 0.25) is 0 Å². The van der Waals surface area contributed by atoms with E-state index in [1.54, 1.807) is 0 Å². The molecule has 2 aromatic carbocycles. The molecule has 0 aliphatic heterocycles. The van der Waals surface area contributed by atoms with Crippen LogP contribution in [0.4, 0.5) is 0 Å². The summed E-state index contributed by atoms with van der Waals surface area (Å²) in [7, 11) is 0. The second kappa shape index (κ2) is 7.34. The van der Waals surface area contributed by atoms with Crippen molar-refractivity contribution in [3.63, 3.8) is 0 Å². The van der Waals surface area contributed by atoms with Crippen molar-refractivity contribution in [2.75, 3.05) is 6.54 Å². The molecular weight excluding hydrogens is 276 g/mol. The molecule has 0 amide bonds. The van der Waals surface area contributed by atoms with E-state index < -0.39 is 0 Å². The molecule has 110 valence electrons. The highest BCUT2D eigenvalue weighted by Crippen LogP contribution is 2.15. The van der Waals surface area contributed by atoms with Crippen molar-refractivity contribution in [3.8, 4) is 0 Å². The monoisotopic (exact) mass is 298 g/mol. The first-order valence-corrected chi connectivity index (χ1v) is 7.66. The summed E-state index contributed by atoms with van der Waals surface area (Å²) in [5.41, 5.74) is 10.5. The minimum Gasteiger partial charge on any atom is -0.389 e. The Morgan fingerprint density at radius 2 is 1.81 bits per heavy atom. The fraction of sp³-hybridized carbons (Fsp3) is 0.278. The smallest absolute Gasteiger partial charge is 0.103 e. The van der Waals surface area contributed by atoms with Gasteiger partial charge in [0.15, 0.2) is 0 Å². The van der Waals surface area contributed by atoms with E-state index in [1.165, 1.54) is 16.7 Å². The summed E-state index contributed by atoms with van der Waals surface area (Å²) in [5, 5.41) is 0. The summed E-state index contributed by atoms with van der Waals surface area (Å²) in [6.45, 7) is 7.24. The van der Waals surface area contributed by atoms with Crippen LogP contribution in [0.3, 0.4) is 0 Å². The maximum Gasteiger partial charge on any atom is 0.103 e. The standard InChI is InChI=1S/C18H22N2S/c1-3-20(12-15-7-5-4-6-8-15)13-17-10-9-16(18(19)21)11-14(17)2/h4-11H,3,12-13H2,1-2H3,(H2,19,21). The van der Waals surface area contributed by atoms with Crippen LogP contribution in [0.5, 0.6) is 0 Å². The van der Waals surface area contributed by atoms with Gasteiger partial charge in [-0.2, -0.15) is 0 Å². The average Bonchev–Trinajstić information content (AvgIpc) is 2.49. The first-order chi connectivity index (χ1) is 10.1. The van der Waals surface area contributed by atoms with Crippen molar-refractivity contribution in [2.24, 2.45) is 5.73 Å². The van der Waals surface area contributed by atoms with Crippen LogP contribution in [-0.4, -0.2) is 16.4 Å². The van der Waals surface area contributed by atoms with Crippen LogP contribution in [0.1, 0.15) is 29.2 Å². The minimum absolute atomic E-state index is 0.460. The molecule has 0 spiro atoms. The van der Waals surface area contributed by atoms with E-state index in [9.17, 15) is 0 Å². The van der Waals surface area contributed by atoms with Gasteiger partial charge in [-0.15, -0.1) is 0 Å². The molecule has 0 saturated heterocycles. The molecule has 0 bridgehead atoms. The van der Waals surface area contributed by atoms with Gasteiger partial charge in [-0.1, -0.05) is 61.6 Å². The van der Waals surface area contributed by atoms with E-state index in [1.807, 2.05) is 6.07 Å². The number of thiocarbonyl (C=S) groups is 1. The molecule has 2 aromatic rings. The zero-order valence-electron chi connectivity index (χ0n) is 12.7. The molecule has 0 radical (unpaired) electrons. The van der Waals surface area contributed by atoms with Gasteiger partial charge in [0.05, 0.1) is 0 Å². The van der Waals surface area contributed by atoms with Gasteiger partial charge in [-0.3, -0.25) is 4.90 Å². The third kappa shape index (κ3) is 4.38. The number of nitrogens with two attached hydrogens (primary N) is 1. The lowest BCUT2D eigenvalue weighted by atomic mass is 10.0. The Balaban J connectivity index is 2.10. The third-order valence-corrected chi connectivity index (χ3v) is 3.95. The fourth-order valence-electron chi connectivity index (χ4n) is 2.39. The van der Waals surface area contributed by atoms with Crippen molar-refractivity contribution in [3.05, 3.63) is 70.8 Å². The maximum absolute atomic E-state index is 5.68. The summed E-state index contributed by atoms with van der Waals surface area (Å²) in [5.74, 6) is 0. The maximum atomic E-state index is 5.68. The zero-order chi connectivity index (χ0) is 15.2. The summed E-state index contributed by atoms with van der Waals surface area (Å²) < 4.78 is 0. The number of benzene rings is 2. The quantitative estimate of drug-likeness (QED) is 0.825. The van der Waals surface area contributed by atoms with Gasteiger partial charge >= 0.3 is 0 Å². The topological polar surface area (TPSA) is 29.3 Å². The van der Waals surface area contributed by atoms with E-state index in [4.69, 9.17) is 18.0 Å². The molecule has 0 atom stereocenters. The molecule has 0 aromatic heterocycles. The Morgan fingerprint density at radius 3 is 2.38 bits per heavy atom. The molecule has 21 heavy (non-hydrogen) atoms. The van der Waals surface area contributed by atoms with Gasteiger partial charge in [0, 0.05) is 18.7 Å². The van der Waals surface area contributed by atoms with Crippen molar-refractivity contribution < 1.29 is 0 Å². The summed E-state index contributed by atoms with van der Waals surface area (Å²) >= 11 is 5.03. The van der Waals surface area contributed by atoms with Crippen LogP contribution in [0.25, 0.3) is 0 Å². The van der Waals surface area contributed by atoms with Gasteiger partial charge in [-0.05, 0) is 36.2 Å². The molecule has 2 nitrogen and oxygen atoms in total. The van der Waals surface area contributed by atoms with E-state index in [2.05, 4.69) is 61.2 Å². The molecule has 0 saturated carbocycles. The second-order valence-electron chi connectivity index (χ2n) is 5.29. The van der Waals surface area contributed by atoms with E-state index in [0.29, 0.717) is 4.99 Å². The van der Waals surface area contributed by atoms with Crippen molar-refractivity contribution in [1.82, 2.24) is 4.90 Å². The average molecular weight is 298 g/mol. The van der Waals surface area contributed by atoms with Crippen LogP contribution >= 0.6 is 12.2 Å². The Morgan fingerprint density at radius 1 is 1.10 bits per heavy atom. The molecular formula is C18H22N2S. The lowest BCUT2D eigenvalue weighted by molar-refractivity contribution is 0.271. The lowest BCUT2D eigenvalue weighted by Crippen LogP contribution is -2.23. The van der Waals surface area contributed by atoms with Crippen LogP contribution in [-0.2, 0) is 13.1 Å². The molecule has 0 heterocycles. The van der Waals surface area contributed by atoms with Gasteiger partial charge in [-0.25, -0.2) is 0 Å². The van der Waals surface area contributed by atoms with Crippen molar-refractivity contribution in [1.29, 1.82) is 0 Å². The predicted octanol–water partition coefficient (Wildman–Crippen LogP) is 3.65. The Bertz CT molecular complexity index is 608. The Kier molecular flexibility index (Phi) is 5.48. The fourth-order valence-corrected chi connectivity index (χ4v) is 2.52. The number of hydrogen-bond acceptors (Lipinski definition) is 2. The van der Waals surface area contributed by atoms with Crippen LogP contribution in [0, 0.1) is 6.92 Å². The summed E-state index contributed by atoms with van der Waals surface area (Å²) in [6, 6.07) is 16.8. The van der Waals surface area contributed by atoms with E-state index in [0.717, 1.165) is 25.2 Å². The van der Waals surface area contributed by atoms with E-state index in [-0.39, 0.29) is 0 Å². The largest absolute Gasteiger partial charge is 0.389 e. The number of hydrogen-bond donors (Lipinski definition) is 1. The lowest BCUT2D eigenvalue weighted by Gasteiger charge is -2.22. The first-order valence-electron chi connectivity index (χ1n) is 7.25. The number of rotatable bonds is 6. The highest BCUT2D eigenvalue weighted by atomic mass is 32.1. The molecule has 2 N–H and O–H groups in total. The first kappa shape index (κ1) is 15.7. The highest BCUT2D eigenvalue weighted by Gasteiger charge is 2.08. The van der Waals surface area contributed by atoms with Gasteiger partial charge in [0.25, 0.3) is 0 Å². The number of nitrogens with zero attached hydrogens (tertiary/aromatic N) is 1. The SMILES string of the molecule is CCN(Cc1ccccc1)Cc1ccc(C(N)=S)cc1C. The normalized spacial score (nSPS) is 10.8. The zero-order valence-corrected chi connectivity index (χ0v) is 13.5. The predicted molar refractivity (Wildman–Crippen MR) is 93.3 cm³/mol. The summed E-state index contributed by atoms with van der Waals surface area (Å²) in [4.78, 5) is 2.89. The molecule has 0 aliphatic rings. The molecule has 2 rings (SSSR count). The third-order valence-electron chi connectivity index (χ3n) is 3.72. The Labute approximate surface area is 132 Å². The molecule has 0 aliphatic carbocycles. The van der Waals surface area contributed by atoms with Crippen LogP contribution < -0.4 is 5.73 Å². The summed E-state index contributed by atoms with van der Waals surface area (Å²) in [6.07, 6.45) is 0.